The smallest absolute Gasteiger partial charge is 0.194 e. The molecule has 2 aliphatic heterocycles. The highest BCUT2D eigenvalue weighted by molar-refractivity contribution is 14.0. The molecule has 0 amide bonds. The molecule has 2 fully saturated rings. The van der Waals surface area contributed by atoms with E-state index in [9.17, 15) is 0 Å². The number of piperidine rings is 1. The Kier molecular flexibility index (Phi) is 12.5. The van der Waals surface area contributed by atoms with Gasteiger partial charge in [-0.15, -0.1) is 24.0 Å². The fourth-order valence-corrected chi connectivity index (χ4v) is 4.35. The standard InChI is InChI=1S/C23H38ClN5O.HI/c1-3-25-23(26-18-20-8-10-27(11-9-20)16-17-30-2)29-14-12-28(13-15-29)19-21-4-6-22(24)7-5-21;/h4-7,20H,3,8-19H2,1-2H3,(H,25,26);1H. The number of methoxy groups -OCH3 is 1. The molecule has 1 aromatic carbocycles. The van der Waals surface area contributed by atoms with Gasteiger partial charge in [0.2, 0.25) is 0 Å². The van der Waals surface area contributed by atoms with E-state index >= 15 is 0 Å². The summed E-state index contributed by atoms with van der Waals surface area (Å²) in [6.45, 7) is 13.4. The van der Waals surface area contributed by atoms with Gasteiger partial charge in [-0.3, -0.25) is 9.89 Å². The third-order valence-corrected chi connectivity index (χ3v) is 6.40. The van der Waals surface area contributed by atoms with E-state index in [4.69, 9.17) is 21.3 Å². The van der Waals surface area contributed by atoms with E-state index in [1.54, 1.807) is 7.11 Å². The van der Waals surface area contributed by atoms with Crippen molar-refractivity contribution in [2.45, 2.75) is 26.3 Å². The molecule has 0 spiro atoms. The van der Waals surface area contributed by atoms with Crippen LogP contribution in [0.4, 0.5) is 0 Å². The Hall–Kier alpha value is -0.610. The molecular formula is C23H39ClIN5O. The monoisotopic (exact) mass is 563 g/mol. The minimum absolute atomic E-state index is 0. The molecule has 1 aromatic rings. The first-order chi connectivity index (χ1) is 14.7. The van der Waals surface area contributed by atoms with Crippen LogP contribution in [0.5, 0.6) is 0 Å². The number of hydrogen-bond donors (Lipinski definition) is 1. The Bertz CT molecular complexity index is 644. The van der Waals surface area contributed by atoms with Gasteiger partial charge in [0.05, 0.1) is 6.61 Å². The number of likely N-dealkylation sites (tertiary alicyclic amines) is 1. The Morgan fingerprint density at radius 2 is 1.74 bits per heavy atom. The predicted octanol–water partition coefficient (Wildman–Crippen LogP) is 3.40. The summed E-state index contributed by atoms with van der Waals surface area (Å²) < 4.78 is 5.20. The van der Waals surface area contributed by atoms with Gasteiger partial charge in [-0.25, -0.2) is 0 Å². The summed E-state index contributed by atoms with van der Waals surface area (Å²) in [6, 6.07) is 8.21. The number of halogens is 2. The summed E-state index contributed by atoms with van der Waals surface area (Å²) in [5.74, 6) is 1.79. The van der Waals surface area contributed by atoms with Gasteiger partial charge in [0.15, 0.2) is 5.96 Å². The molecule has 2 saturated heterocycles. The number of hydrogen-bond acceptors (Lipinski definition) is 4. The molecule has 0 aromatic heterocycles. The highest BCUT2D eigenvalue weighted by atomic mass is 127. The zero-order chi connectivity index (χ0) is 21.2. The molecule has 1 N–H and O–H groups in total. The van der Waals surface area contributed by atoms with Crippen LogP contribution in [0.2, 0.25) is 5.02 Å². The normalized spacial score (nSPS) is 19.3. The number of guanidine groups is 1. The first-order valence-corrected chi connectivity index (χ1v) is 11.8. The Balaban J connectivity index is 0.00000341. The summed E-state index contributed by atoms with van der Waals surface area (Å²) in [5.41, 5.74) is 1.32. The number of aliphatic imine (C=N–C) groups is 1. The van der Waals surface area contributed by atoms with Crippen LogP contribution in [0.25, 0.3) is 0 Å². The lowest BCUT2D eigenvalue weighted by Crippen LogP contribution is -2.52. The van der Waals surface area contributed by atoms with Crippen LogP contribution in [0.1, 0.15) is 25.3 Å². The fourth-order valence-electron chi connectivity index (χ4n) is 4.22. The van der Waals surface area contributed by atoms with E-state index in [-0.39, 0.29) is 24.0 Å². The molecule has 0 radical (unpaired) electrons. The molecule has 8 heteroatoms. The fraction of sp³-hybridized carbons (Fsp3) is 0.696. The lowest BCUT2D eigenvalue weighted by atomic mass is 9.97. The molecule has 0 aliphatic carbocycles. The second-order valence-electron chi connectivity index (χ2n) is 8.36. The SMILES string of the molecule is CCNC(=NCC1CCN(CCOC)CC1)N1CCN(Cc2ccc(Cl)cc2)CC1.I. The van der Waals surface area contributed by atoms with Crippen molar-refractivity contribution in [3.05, 3.63) is 34.9 Å². The van der Waals surface area contributed by atoms with Crippen molar-refractivity contribution in [2.24, 2.45) is 10.9 Å². The van der Waals surface area contributed by atoms with Crippen molar-refractivity contribution in [1.29, 1.82) is 0 Å². The first-order valence-electron chi connectivity index (χ1n) is 11.4. The van der Waals surface area contributed by atoms with Gasteiger partial charge < -0.3 is 19.9 Å². The molecule has 0 atom stereocenters. The Morgan fingerprint density at radius 3 is 2.35 bits per heavy atom. The van der Waals surface area contributed by atoms with Gasteiger partial charge in [-0.05, 0) is 56.5 Å². The highest BCUT2D eigenvalue weighted by Gasteiger charge is 2.22. The van der Waals surface area contributed by atoms with Crippen LogP contribution in [0.15, 0.2) is 29.3 Å². The van der Waals surface area contributed by atoms with Crippen molar-refractivity contribution in [2.75, 3.05) is 72.6 Å². The number of nitrogens with one attached hydrogen (secondary N) is 1. The van der Waals surface area contributed by atoms with Crippen LogP contribution in [-0.4, -0.2) is 93.3 Å². The lowest BCUT2D eigenvalue weighted by molar-refractivity contribution is 0.121. The number of nitrogens with zero attached hydrogens (tertiary/aromatic N) is 4. The summed E-state index contributed by atoms with van der Waals surface area (Å²) in [4.78, 5) is 12.5. The number of ether oxygens (including phenoxy) is 1. The van der Waals surface area contributed by atoms with Crippen LogP contribution < -0.4 is 5.32 Å². The molecule has 2 heterocycles. The predicted molar refractivity (Wildman–Crippen MR) is 141 cm³/mol. The van der Waals surface area contributed by atoms with Crippen molar-refractivity contribution < 1.29 is 4.74 Å². The van der Waals surface area contributed by atoms with Crippen molar-refractivity contribution in [3.63, 3.8) is 0 Å². The van der Waals surface area contributed by atoms with Crippen LogP contribution in [0.3, 0.4) is 0 Å². The molecular weight excluding hydrogens is 525 g/mol. The van der Waals surface area contributed by atoms with E-state index in [2.05, 4.69) is 39.1 Å². The van der Waals surface area contributed by atoms with Gasteiger partial charge in [0.25, 0.3) is 0 Å². The van der Waals surface area contributed by atoms with E-state index in [0.29, 0.717) is 5.92 Å². The van der Waals surface area contributed by atoms with Crippen LogP contribution >= 0.6 is 35.6 Å². The van der Waals surface area contributed by atoms with Gasteiger partial charge in [-0.1, -0.05) is 23.7 Å². The molecule has 0 unspecified atom stereocenters. The van der Waals surface area contributed by atoms with Gasteiger partial charge in [0, 0.05) is 64.5 Å². The minimum atomic E-state index is 0. The number of benzene rings is 1. The molecule has 31 heavy (non-hydrogen) atoms. The molecule has 6 nitrogen and oxygen atoms in total. The van der Waals surface area contributed by atoms with Gasteiger partial charge >= 0.3 is 0 Å². The van der Waals surface area contributed by atoms with Crippen molar-refractivity contribution in [3.8, 4) is 0 Å². The Morgan fingerprint density at radius 1 is 1.06 bits per heavy atom. The summed E-state index contributed by atoms with van der Waals surface area (Å²) in [5, 5.41) is 4.32. The van der Waals surface area contributed by atoms with Crippen LogP contribution in [-0.2, 0) is 11.3 Å². The van der Waals surface area contributed by atoms with E-state index in [1.807, 2.05) is 12.1 Å². The van der Waals surface area contributed by atoms with Crippen molar-refractivity contribution >= 4 is 41.5 Å². The third-order valence-electron chi connectivity index (χ3n) is 6.14. The summed E-state index contributed by atoms with van der Waals surface area (Å²) in [6.07, 6.45) is 2.48. The van der Waals surface area contributed by atoms with Crippen molar-refractivity contribution in [1.82, 2.24) is 20.0 Å². The van der Waals surface area contributed by atoms with E-state index in [1.165, 1.54) is 31.5 Å². The zero-order valence-corrected chi connectivity index (χ0v) is 22.1. The average molecular weight is 564 g/mol. The Labute approximate surface area is 210 Å². The van der Waals surface area contributed by atoms with Crippen LogP contribution in [0, 0.1) is 5.92 Å². The van der Waals surface area contributed by atoms with E-state index in [0.717, 1.165) is 69.9 Å². The third kappa shape index (κ3) is 9.04. The quantitative estimate of drug-likeness (QED) is 0.298. The summed E-state index contributed by atoms with van der Waals surface area (Å²) >= 11 is 6.00. The molecule has 0 bridgehead atoms. The number of rotatable bonds is 8. The second kappa shape index (κ2) is 14.5. The topological polar surface area (TPSA) is 43.3 Å². The largest absolute Gasteiger partial charge is 0.383 e. The maximum atomic E-state index is 6.00. The summed E-state index contributed by atoms with van der Waals surface area (Å²) in [7, 11) is 1.78. The zero-order valence-electron chi connectivity index (χ0n) is 19.1. The minimum Gasteiger partial charge on any atom is -0.383 e. The number of piperazine rings is 1. The lowest BCUT2D eigenvalue weighted by Gasteiger charge is -2.37. The second-order valence-corrected chi connectivity index (χ2v) is 8.80. The molecule has 2 aliphatic rings. The molecule has 0 saturated carbocycles. The molecule has 3 rings (SSSR count). The highest BCUT2D eigenvalue weighted by Crippen LogP contribution is 2.18. The van der Waals surface area contributed by atoms with Gasteiger partial charge in [0.1, 0.15) is 0 Å². The first kappa shape index (κ1) is 26.6. The van der Waals surface area contributed by atoms with Gasteiger partial charge in [-0.2, -0.15) is 0 Å². The van der Waals surface area contributed by atoms with E-state index < -0.39 is 0 Å². The average Bonchev–Trinajstić information content (AvgIpc) is 2.78. The maximum absolute atomic E-state index is 6.00. The molecule has 176 valence electrons. The maximum Gasteiger partial charge on any atom is 0.194 e.